The highest BCUT2D eigenvalue weighted by atomic mass is 16.5. The summed E-state index contributed by atoms with van der Waals surface area (Å²) < 4.78 is 10.3. The molecule has 1 N–H and O–H groups in total. The molecule has 1 heterocycles. The van der Waals surface area contributed by atoms with E-state index in [1.807, 2.05) is 0 Å². The highest BCUT2D eigenvalue weighted by Crippen LogP contribution is 2.32. The summed E-state index contributed by atoms with van der Waals surface area (Å²) >= 11 is 0. The molecule has 1 aromatic rings. The van der Waals surface area contributed by atoms with Crippen molar-refractivity contribution >= 4 is 23.3 Å². The summed E-state index contributed by atoms with van der Waals surface area (Å²) in [6.07, 6.45) is 2.96. The third-order valence-electron chi connectivity index (χ3n) is 3.52. The van der Waals surface area contributed by atoms with Gasteiger partial charge in [-0.1, -0.05) is 19.8 Å². The van der Waals surface area contributed by atoms with Crippen LogP contribution < -0.4 is 15.0 Å². The summed E-state index contributed by atoms with van der Waals surface area (Å²) in [5.41, 5.74) is 1.44. The average molecular weight is 306 g/mol. The second-order valence-electron chi connectivity index (χ2n) is 5.14. The Morgan fingerprint density at radius 1 is 1.36 bits per heavy atom. The Bertz CT molecular complexity index is 545. The Morgan fingerprint density at radius 2 is 2.18 bits per heavy atom. The molecule has 1 aliphatic heterocycles. The van der Waals surface area contributed by atoms with E-state index in [1.54, 1.807) is 25.3 Å². The maximum atomic E-state index is 12.0. The lowest BCUT2D eigenvalue weighted by Crippen LogP contribution is -2.43. The Morgan fingerprint density at radius 3 is 2.91 bits per heavy atom. The normalized spacial score (nSPS) is 13.4. The topological polar surface area (TPSA) is 67.9 Å². The lowest BCUT2D eigenvalue weighted by Gasteiger charge is -2.29. The lowest BCUT2D eigenvalue weighted by atomic mass is 10.2. The SMILES string of the molecule is CCCCCOC(=O)CN1C(=O)CNc2cc(OC)ccc21. The molecule has 0 fully saturated rings. The molecule has 1 aliphatic rings. The van der Waals surface area contributed by atoms with Crippen LogP contribution in [-0.2, 0) is 14.3 Å². The fourth-order valence-electron chi connectivity index (χ4n) is 2.31. The number of ether oxygens (including phenoxy) is 2. The maximum absolute atomic E-state index is 12.0. The first kappa shape index (κ1) is 16.1. The molecule has 0 unspecified atom stereocenters. The van der Waals surface area contributed by atoms with Gasteiger partial charge in [0, 0.05) is 6.07 Å². The van der Waals surface area contributed by atoms with E-state index in [1.165, 1.54) is 4.90 Å². The minimum Gasteiger partial charge on any atom is -0.497 e. The van der Waals surface area contributed by atoms with Crippen LogP contribution in [0.5, 0.6) is 5.75 Å². The van der Waals surface area contributed by atoms with Crippen molar-refractivity contribution in [3.05, 3.63) is 18.2 Å². The van der Waals surface area contributed by atoms with E-state index in [4.69, 9.17) is 9.47 Å². The Balaban J connectivity index is 2.01. The molecule has 0 saturated heterocycles. The molecule has 0 spiro atoms. The van der Waals surface area contributed by atoms with Crippen molar-refractivity contribution in [3.8, 4) is 5.75 Å². The van der Waals surface area contributed by atoms with Crippen molar-refractivity contribution < 1.29 is 19.1 Å². The predicted molar refractivity (Wildman–Crippen MR) is 84.3 cm³/mol. The van der Waals surface area contributed by atoms with Gasteiger partial charge in [-0.2, -0.15) is 0 Å². The number of anilines is 2. The van der Waals surface area contributed by atoms with E-state index in [-0.39, 0.29) is 25.0 Å². The molecule has 0 aromatic heterocycles. The van der Waals surface area contributed by atoms with Crippen LogP contribution in [0.2, 0.25) is 0 Å². The number of carbonyl (C=O) groups is 2. The molecule has 1 aromatic carbocycles. The van der Waals surface area contributed by atoms with Gasteiger partial charge < -0.3 is 14.8 Å². The fraction of sp³-hybridized carbons (Fsp3) is 0.500. The van der Waals surface area contributed by atoms with Crippen molar-refractivity contribution in [1.82, 2.24) is 0 Å². The zero-order valence-corrected chi connectivity index (χ0v) is 13.1. The Hall–Kier alpha value is -2.24. The van der Waals surface area contributed by atoms with Gasteiger partial charge in [-0.15, -0.1) is 0 Å². The van der Waals surface area contributed by atoms with E-state index in [2.05, 4.69) is 12.2 Å². The fourth-order valence-corrected chi connectivity index (χ4v) is 2.31. The van der Waals surface area contributed by atoms with Crippen LogP contribution in [0.3, 0.4) is 0 Å². The molecule has 0 atom stereocenters. The largest absolute Gasteiger partial charge is 0.497 e. The third-order valence-corrected chi connectivity index (χ3v) is 3.52. The summed E-state index contributed by atoms with van der Waals surface area (Å²) in [6, 6.07) is 5.34. The lowest BCUT2D eigenvalue weighted by molar-refractivity contribution is -0.143. The van der Waals surface area contributed by atoms with Crippen molar-refractivity contribution in [2.75, 3.05) is 37.0 Å². The monoisotopic (exact) mass is 306 g/mol. The van der Waals surface area contributed by atoms with Gasteiger partial charge in [-0.3, -0.25) is 14.5 Å². The third kappa shape index (κ3) is 3.90. The van der Waals surface area contributed by atoms with Crippen LogP contribution in [0.15, 0.2) is 18.2 Å². The van der Waals surface area contributed by atoms with Crippen LogP contribution in [0.4, 0.5) is 11.4 Å². The first-order chi connectivity index (χ1) is 10.7. The molecule has 0 radical (unpaired) electrons. The number of fused-ring (bicyclic) bond motifs is 1. The van der Waals surface area contributed by atoms with Gasteiger partial charge >= 0.3 is 5.97 Å². The minimum absolute atomic E-state index is 0.0635. The van der Waals surface area contributed by atoms with Gasteiger partial charge in [0.25, 0.3) is 0 Å². The standard InChI is InChI=1S/C16H22N2O4/c1-3-4-5-8-22-16(20)11-18-14-7-6-12(21-2)9-13(14)17-10-15(18)19/h6-7,9,17H,3-5,8,10-11H2,1-2H3. The van der Waals surface area contributed by atoms with Gasteiger partial charge in [-0.25, -0.2) is 0 Å². The number of nitrogens with one attached hydrogen (secondary N) is 1. The number of unbranched alkanes of at least 4 members (excludes halogenated alkanes) is 2. The van der Waals surface area contributed by atoms with E-state index < -0.39 is 0 Å². The number of esters is 1. The van der Waals surface area contributed by atoms with Crippen LogP contribution in [0.1, 0.15) is 26.2 Å². The first-order valence-electron chi connectivity index (χ1n) is 7.53. The smallest absolute Gasteiger partial charge is 0.326 e. The number of hydrogen-bond acceptors (Lipinski definition) is 5. The van der Waals surface area contributed by atoms with Crippen LogP contribution in [0.25, 0.3) is 0 Å². The molecule has 0 bridgehead atoms. The number of methoxy groups -OCH3 is 1. The molecule has 120 valence electrons. The number of rotatable bonds is 7. The van der Waals surface area contributed by atoms with Gasteiger partial charge in [0.1, 0.15) is 12.3 Å². The van der Waals surface area contributed by atoms with Gasteiger partial charge in [-0.05, 0) is 18.6 Å². The molecule has 22 heavy (non-hydrogen) atoms. The average Bonchev–Trinajstić information content (AvgIpc) is 2.54. The summed E-state index contributed by atoms with van der Waals surface area (Å²) in [6.45, 7) is 2.59. The number of benzene rings is 1. The number of carbonyl (C=O) groups excluding carboxylic acids is 2. The molecule has 6 nitrogen and oxygen atoms in total. The second kappa shape index (κ2) is 7.68. The number of amides is 1. The number of hydrogen-bond donors (Lipinski definition) is 1. The van der Waals surface area contributed by atoms with Crippen molar-refractivity contribution in [3.63, 3.8) is 0 Å². The Labute approximate surface area is 130 Å². The van der Waals surface area contributed by atoms with Crippen molar-refractivity contribution in [1.29, 1.82) is 0 Å². The molecular weight excluding hydrogens is 284 g/mol. The molecule has 6 heteroatoms. The summed E-state index contributed by atoms with van der Waals surface area (Å²) in [4.78, 5) is 25.4. The van der Waals surface area contributed by atoms with E-state index >= 15 is 0 Å². The Kier molecular flexibility index (Phi) is 5.63. The summed E-state index contributed by atoms with van der Waals surface area (Å²) in [5, 5.41) is 3.03. The van der Waals surface area contributed by atoms with Crippen LogP contribution in [0, 0.1) is 0 Å². The van der Waals surface area contributed by atoms with Crippen LogP contribution in [-0.4, -0.2) is 38.7 Å². The zero-order chi connectivity index (χ0) is 15.9. The van der Waals surface area contributed by atoms with Gasteiger partial charge in [0.2, 0.25) is 5.91 Å². The summed E-state index contributed by atoms with van der Waals surface area (Å²) in [7, 11) is 1.58. The van der Waals surface area contributed by atoms with E-state index in [0.717, 1.165) is 24.9 Å². The maximum Gasteiger partial charge on any atom is 0.326 e. The molecular formula is C16H22N2O4. The van der Waals surface area contributed by atoms with E-state index in [9.17, 15) is 9.59 Å². The van der Waals surface area contributed by atoms with Crippen molar-refractivity contribution in [2.24, 2.45) is 0 Å². The zero-order valence-electron chi connectivity index (χ0n) is 13.1. The molecule has 1 amide bonds. The summed E-state index contributed by atoms with van der Waals surface area (Å²) in [5.74, 6) is 0.166. The minimum atomic E-state index is -0.381. The highest BCUT2D eigenvalue weighted by Gasteiger charge is 2.26. The molecule has 2 rings (SSSR count). The number of nitrogens with zero attached hydrogens (tertiary/aromatic N) is 1. The van der Waals surface area contributed by atoms with Gasteiger partial charge in [0.05, 0.1) is 31.6 Å². The van der Waals surface area contributed by atoms with E-state index in [0.29, 0.717) is 18.0 Å². The van der Waals surface area contributed by atoms with Crippen LogP contribution >= 0.6 is 0 Å². The molecule has 0 saturated carbocycles. The second-order valence-corrected chi connectivity index (χ2v) is 5.14. The highest BCUT2D eigenvalue weighted by molar-refractivity contribution is 6.05. The predicted octanol–water partition coefficient (Wildman–Crippen LogP) is 2.19. The first-order valence-corrected chi connectivity index (χ1v) is 7.53. The van der Waals surface area contributed by atoms with Gasteiger partial charge in [0.15, 0.2) is 0 Å². The quantitative estimate of drug-likeness (QED) is 0.618. The molecule has 0 aliphatic carbocycles. The van der Waals surface area contributed by atoms with Crippen molar-refractivity contribution in [2.45, 2.75) is 26.2 Å².